The second-order valence-corrected chi connectivity index (χ2v) is 9.18. The fourth-order valence-electron chi connectivity index (χ4n) is 2.80. The quantitative estimate of drug-likeness (QED) is 0.0913. The van der Waals surface area contributed by atoms with Gasteiger partial charge >= 0.3 is 34.4 Å². The molecule has 0 aromatic carbocycles. The van der Waals surface area contributed by atoms with E-state index in [4.69, 9.17) is 0 Å². The maximum Gasteiger partial charge on any atom is 1.00 e. The van der Waals surface area contributed by atoms with E-state index in [1.807, 2.05) is 0 Å². The van der Waals surface area contributed by atoms with Crippen molar-refractivity contribution in [1.29, 1.82) is 0 Å². The zero-order valence-corrected chi connectivity index (χ0v) is 19.2. The number of hydrogen-bond donors (Lipinski definition) is 0. The second kappa shape index (κ2) is 16.3. The Morgan fingerprint density at radius 1 is 0.407 bits per heavy atom. The van der Waals surface area contributed by atoms with Crippen LogP contribution in [-0.4, -0.2) is 0 Å². The first-order valence-corrected chi connectivity index (χ1v) is 12.5. The van der Waals surface area contributed by atoms with E-state index in [9.17, 15) is 25.2 Å². The minimum absolute atomic E-state index is 0. The topological polar surface area (TPSA) is 0 Å². The molecule has 171 valence electrons. The molecule has 0 rings (SSSR count). The van der Waals surface area contributed by atoms with E-state index in [0.29, 0.717) is 0 Å². The summed E-state index contributed by atoms with van der Waals surface area (Å²) in [6.07, 6.45) is 24.9. The van der Waals surface area contributed by atoms with Crippen molar-refractivity contribution >= 4 is 7.81 Å². The van der Waals surface area contributed by atoms with Crippen molar-refractivity contribution in [3.63, 3.8) is 0 Å². The molecule has 0 saturated carbocycles. The van der Waals surface area contributed by atoms with Crippen LogP contribution in [-0.2, 0) is 17.1 Å². The van der Waals surface area contributed by atoms with E-state index < -0.39 is 7.81 Å². The molecule has 0 nitrogen and oxygen atoms in total. The average molecular weight is 469 g/mol. The first-order chi connectivity index (χ1) is 11.9. The first kappa shape index (κ1) is 32.2. The molecular formula is C19H41F6MnP. The third kappa shape index (κ3) is 58.4. The van der Waals surface area contributed by atoms with Crippen molar-refractivity contribution in [3.8, 4) is 0 Å². The fraction of sp³-hybridized carbons (Fsp3) is 1.00. The Bertz CT molecular complexity index is 284. The van der Waals surface area contributed by atoms with Crippen LogP contribution in [0.1, 0.15) is 124 Å². The summed E-state index contributed by atoms with van der Waals surface area (Å²) in [5, 5.41) is 0. The van der Waals surface area contributed by atoms with Gasteiger partial charge in [-0.25, -0.2) is 0 Å². The smallest absolute Gasteiger partial charge is 0 e. The van der Waals surface area contributed by atoms with Gasteiger partial charge in [0.2, 0.25) is 0 Å². The predicted octanol–water partition coefficient (Wildman–Crippen LogP) is 11.2. The van der Waals surface area contributed by atoms with Gasteiger partial charge in [-0.15, -0.1) is 0 Å². The summed E-state index contributed by atoms with van der Waals surface area (Å²) >= 11 is 0. The molecule has 0 N–H and O–H groups in total. The van der Waals surface area contributed by atoms with E-state index >= 15 is 0 Å². The minimum atomic E-state index is -10.7. The second-order valence-electron chi connectivity index (χ2n) is 7.26. The molecule has 0 unspecified atom stereocenters. The molecule has 1 radical (unpaired) electrons. The van der Waals surface area contributed by atoms with Crippen LogP contribution in [0.2, 0.25) is 0 Å². The number of rotatable bonds is 16. The van der Waals surface area contributed by atoms with Gasteiger partial charge in [0.05, 0.1) is 0 Å². The van der Waals surface area contributed by atoms with Gasteiger partial charge in [0.1, 0.15) is 0 Å². The Morgan fingerprint density at radius 2 is 0.519 bits per heavy atom. The molecule has 0 aliphatic heterocycles. The van der Waals surface area contributed by atoms with Crippen LogP contribution in [0.25, 0.3) is 0 Å². The van der Waals surface area contributed by atoms with Gasteiger partial charge in [-0.3, -0.25) is 0 Å². The van der Waals surface area contributed by atoms with Crippen molar-refractivity contribution in [2.24, 2.45) is 0 Å². The van der Waals surface area contributed by atoms with E-state index in [0.717, 1.165) is 0 Å². The van der Waals surface area contributed by atoms with Crippen molar-refractivity contribution in [3.05, 3.63) is 0 Å². The molecule has 8 heteroatoms. The van der Waals surface area contributed by atoms with Crippen LogP contribution in [0.15, 0.2) is 0 Å². The molecule has 0 aliphatic carbocycles. The largest absolute Gasteiger partial charge is 1.00 e. The summed E-state index contributed by atoms with van der Waals surface area (Å²) in [6, 6.07) is 0. The van der Waals surface area contributed by atoms with Gasteiger partial charge in [-0.1, -0.05) is 123 Å². The van der Waals surface area contributed by atoms with Gasteiger partial charge in [0.25, 0.3) is 0 Å². The predicted molar refractivity (Wildman–Crippen MR) is 105 cm³/mol. The monoisotopic (exact) mass is 469 g/mol. The molecular weight excluding hydrogens is 428 g/mol. The van der Waals surface area contributed by atoms with Crippen LogP contribution in [0, 0.1) is 0 Å². The molecule has 0 bridgehead atoms. The molecule has 0 amide bonds. The maximum absolute atomic E-state index is 10.7. The number of halogens is 6. The summed E-state index contributed by atoms with van der Waals surface area (Å²) < 4.78 is 59.2. The summed E-state index contributed by atoms with van der Waals surface area (Å²) in [4.78, 5) is 0. The number of hydrogen-bond acceptors (Lipinski definition) is 0. The van der Waals surface area contributed by atoms with Crippen molar-refractivity contribution < 1.29 is 43.7 Å². The van der Waals surface area contributed by atoms with E-state index in [1.165, 1.54) is 109 Å². The molecule has 0 heterocycles. The van der Waals surface area contributed by atoms with E-state index in [2.05, 4.69) is 13.8 Å². The van der Waals surface area contributed by atoms with Crippen molar-refractivity contribution in [2.45, 2.75) is 123 Å². The third-order valence-electron chi connectivity index (χ3n) is 4.21. The third-order valence-corrected chi connectivity index (χ3v) is 4.21. The van der Waals surface area contributed by atoms with E-state index in [1.54, 1.807) is 0 Å². The Labute approximate surface area is 174 Å². The summed E-state index contributed by atoms with van der Waals surface area (Å²) in [5.41, 5.74) is 0. The Hall–Kier alpha value is 0.529. The van der Waals surface area contributed by atoms with Crippen LogP contribution >= 0.6 is 7.81 Å². The molecule has 0 aliphatic rings. The van der Waals surface area contributed by atoms with Crippen LogP contribution in [0.5, 0.6) is 0 Å². The van der Waals surface area contributed by atoms with Crippen LogP contribution in [0.4, 0.5) is 25.2 Å². The van der Waals surface area contributed by atoms with Crippen molar-refractivity contribution in [1.82, 2.24) is 0 Å². The molecule has 0 spiro atoms. The van der Waals surface area contributed by atoms with Crippen LogP contribution in [0.3, 0.4) is 0 Å². The summed E-state index contributed by atoms with van der Waals surface area (Å²) in [6.45, 7) is 4.59. The molecule has 27 heavy (non-hydrogen) atoms. The Morgan fingerprint density at radius 3 is 0.630 bits per heavy atom. The van der Waals surface area contributed by atoms with Gasteiger partial charge in [-0.05, 0) is 0 Å². The molecule has 0 fully saturated rings. The van der Waals surface area contributed by atoms with Crippen molar-refractivity contribution in [2.75, 3.05) is 0 Å². The normalized spacial score (nSPS) is 13.8. The van der Waals surface area contributed by atoms with E-state index in [-0.39, 0.29) is 18.5 Å². The first-order valence-electron chi connectivity index (χ1n) is 10.4. The SMILES string of the molecule is CCCCCCCCCCCCCCCCCCC.F[P-](F)(F)(F)(F)F.[H+].[Mn]. The van der Waals surface area contributed by atoms with Gasteiger partial charge < -0.3 is 0 Å². The maximum atomic E-state index is 9.87. The Balaban J connectivity index is -0.000000274. The molecule has 0 atom stereocenters. The zero-order chi connectivity index (χ0) is 20.4. The number of unbranched alkanes of at least 4 members (excludes halogenated alkanes) is 16. The molecule has 0 saturated heterocycles. The fourth-order valence-corrected chi connectivity index (χ4v) is 2.80. The van der Waals surface area contributed by atoms with Gasteiger partial charge in [-0.2, -0.15) is 0 Å². The molecule has 0 aromatic heterocycles. The average Bonchev–Trinajstić information content (AvgIpc) is 2.48. The van der Waals surface area contributed by atoms with Gasteiger partial charge in [0, 0.05) is 17.1 Å². The minimum Gasteiger partial charge on any atom is 0 e. The van der Waals surface area contributed by atoms with Gasteiger partial charge in [0.15, 0.2) is 0 Å². The Kier molecular flexibility index (Phi) is 19.5. The summed E-state index contributed by atoms with van der Waals surface area (Å²) in [7, 11) is -10.7. The zero-order valence-electron chi connectivity index (χ0n) is 18.1. The van der Waals surface area contributed by atoms with Crippen LogP contribution < -0.4 is 0 Å². The molecule has 0 aromatic rings. The standard InChI is InChI=1S/C19H40.F6P.Mn/c1-3-5-7-9-11-13-15-17-19-18-16-14-12-10-8-6-4-2;1-7(2,3,4,5)6;/h3-19H2,1-2H3;;/q;-1;/p+1. The summed E-state index contributed by atoms with van der Waals surface area (Å²) in [5.74, 6) is 0.